The summed E-state index contributed by atoms with van der Waals surface area (Å²) in [5.41, 5.74) is 1.36. The van der Waals surface area contributed by atoms with E-state index >= 15 is 0 Å². The second-order valence-corrected chi connectivity index (χ2v) is 6.76. The van der Waals surface area contributed by atoms with Gasteiger partial charge in [-0.3, -0.25) is 13.9 Å². The quantitative estimate of drug-likeness (QED) is 0.640. The normalized spacial score (nSPS) is 11.7. The van der Waals surface area contributed by atoms with Gasteiger partial charge < -0.3 is 4.57 Å². The Kier molecular flexibility index (Phi) is 5.27. The molecule has 26 heavy (non-hydrogen) atoms. The minimum Gasteiger partial charge on any atom is -0.319 e. The van der Waals surface area contributed by atoms with Gasteiger partial charge in [0.25, 0.3) is 5.56 Å². The Labute approximate surface area is 159 Å². The summed E-state index contributed by atoms with van der Waals surface area (Å²) in [6, 6.07) is 7.92. The maximum atomic E-state index is 12.8. The lowest BCUT2D eigenvalue weighted by molar-refractivity contribution is 0.603. The highest BCUT2D eigenvalue weighted by molar-refractivity contribution is 9.10. The summed E-state index contributed by atoms with van der Waals surface area (Å²) in [7, 11) is 0. The smallest absolute Gasteiger partial charge is 0.319 e. The SMILES string of the molecule is CCn1c(=O)c2c(nc(/C=C/c3ccc(Br)cc3)n2CC)n(CC)c1=O. The first-order chi connectivity index (χ1) is 12.5. The van der Waals surface area contributed by atoms with E-state index in [0.29, 0.717) is 36.6 Å². The second-order valence-electron chi connectivity index (χ2n) is 5.85. The van der Waals surface area contributed by atoms with Crippen LogP contribution in [0.1, 0.15) is 32.2 Å². The number of nitrogens with zero attached hydrogens (tertiary/aromatic N) is 4. The van der Waals surface area contributed by atoms with Crippen LogP contribution < -0.4 is 11.2 Å². The monoisotopic (exact) mass is 416 g/mol. The molecule has 0 saturated carbocycles. The van der Waals surface area contributed by atoms with Crippen molar-refractivity contribution >= 4 is 39.2 Å². The number of aromatic nitrogens is 4. The molecule has 0 aliphatic carbocycles. The zero-order chi connectivity index (χ0) is 18.8. The molecule has 3 rings (SSSR count). The van der Waals surface area contributed by atoms with Crippen LogP contribution in [0, 0.1) is 0 Å². The van der Waals surface area contributed by atoms with Gasteiger partial charge in [0, 0.05) is 24.1 Å². The fourth-order valence-corrected chi connectivity index (χ4v) is 3.33. The average Bonchev–Trinajstić information content (AvgIpc) is 3.00. The molecular weight excluding hydrogens is 396 g/mol. The molecule has 0 bridgehead atoms. The lowest BCUT2D eigenvalue weighted by Crippen LogP contribution is -2.40. The van der Waals surface area contributed by atoms with Gasteiger partial charge in [0.15, 0.2) is 11.2 Å². The largest absolute Gasteiger partial charge is 0.332 e. The summed E-state index contributed by atoms with van der Waals surface area (Å²) in [5.74, 6) is 0.665. The Morgan fingerprint density at radius 3 is 2.12 bits per heavy atom. The number of halogens is 1. The predicted molar refractivity (Wildman–Crippen MR) is 108 cm³/mol. The minimum atomic E-state index is -0.309. The maximum Gasteiger partial charge on any atom is 0.332 e. The number of hydrogen-bond acceptors (Lipinski definition) is 3. The highest BCUT2D eigenvalue weighted by Gasteiger charge is 2.18. The second kappa shape index (κ2) is 7.45. The first-order valence-corrected chi connectivity index (χ1v) is 9.48. The lowest BCUT2D eigenvalue weighted by atomic mass is 10.2. The van der Waals surface area contributed by atoms with Crippen molar-refractivity contribution in [2.24, 2.45) is 0 Å². The lowest BCUT2D eigenvalue weighted by Gasteiger charge is -2.09. The molecule has 0 N–H and O–H groups in total. The topological polar surface area (TPSA) is 61.8 Å². The molecule has 0 aliphatic heterocycles. The molecule has 6 nitrogen and oxygen atoms in total. The van der Waals surface area contributed by atoms with Gasteiger partial charge in [-0.1, -0.05) is 34.1 Å². The van der Waals surface area contributed by atoms with E-state index in [1.54, 1.807) is 11.5 Å². The molecule has 3 aromatic rings. The number of aryl methyl sites for hydroxylation is 2. The highest BCUT2D eigenvalue weighted by atomic mass is 79.9. The minimum absolute atomic E-state index is 0.283. The Balaban J connectivity index is 2.24. The number of hydrogen-bond donors (Lipinski definition) is 0. The third kappa shape index (κ3) is 3.07. The van der Waals surface area contributed by atoms with Crippen LogP contribution in [-0.4, -0.2) is 18.7 Å². The first-order valence-electron chi connectivity index (χ1n) is 8.69. The van der Waals surface area contributed by atoms with Crippen molar-refractivity contribution in [3.8, 4) is 0 Å². The molecule has 2 aromatic heterocycles. The van der Waals surface area contributed by atoms with Crippen LogP contribution in [0.25, 0.3) is 23.3 Å². The molecule has 1 aromatic carbocycles. The average molecular weight is 417 g/mol. The molecule has 0 radical (unpaired) electrons. The molecule has 0 amide bonds. The summed E-state index contributed by atoms with van der Waals surface area (Å²) >= 11 is 3.42. The third-order valence-corrected chi connectivity index (χ3v) is 4.92. The third-order valence-electron chi connectivity index (χ3n) is 4.39. The van der Waals surface area contributed by atoms with Gasteiger partial charge in [-0.25, -0.2) is 9.78 Å². The summed E-state index contributed by atoms with van der Waals surface area (Å²) < 4.78 is 5.71. The molecule has 0 atom stereocenters. The number of rotatable bonds is 5. The van der Waals surface area contributed by atoms with Gasteiger partial charge in [-0.2, -0.15) is 0 Å². The molecule has 0 fully saturated rings. The van der Waals surface area contributed by atoms with Crippen molar-refractivity contribution in [3.05, 3.63) is 61.0 Å². The first kappa shape index (κ1) is 18.4. The summed E-state index contributed by atoms with van der Waals surface area (Å²) in [5, 5.41) is 0. The Hall–Kier alpha value is -2.41. The zero-order valence-corrected chi connectivity index (χ0v) is 16.7. The van der Waals surface area contributed by atoms with Crippen molar-refractivity contribution in [2.75, 3.05) is 0 Å². The van der Waals surface area contributed by atoms with Crippen molar-refractivity contribution in [1.29, 1.82) is 0 Å². The van der Waals surface area contributed by atoms with Crippen molar-refractivity contribution in [2.45, 2.75) is 40.4 Å². The summed E-state index contributed by atoms with van der Waals surface area (Å²) in [6.07, 6.45) is 3.83. The van der Waals surface area contributed by atoms with Gasteiger partial charge in [0.1, 0.15) is 5.82 Å². The van der Waals surface area contributed by atoms with E-state index in [4.69, 9.17) is 0 Å². The fourth-order valence-electron chi connectivity index (χ4n) is 3.06. The molecular formula is C19H21BrN4O2. The Morgan fingerprint density at radius 1 is 0.923 bits per heavy atom. The van der Waals surface area contributed by atoms with Crippen LogP contribution in [-0.2, 0) is 19.6 Å². The summed E-state index contributed by atoms with van der Waals surface area (Å²) in [6.45, 7) is 7.05. The van der Waals surface area contributed by atoms with E-state index in [1.165, 1.54) is 4.57 Å². The van der Waals surface area contributed by atoms with E-state index in [9.17, 15) is 9.59 Å². The van der Waals surface area contributed by atoms with Gasteiger partial charge in [0.05, 0.1) is 0 Å². The molecule has 7 heteroatoms. The molecule has 0 spiro atoms. The van der Waals surface area contributed by atoms with Crippen LogP contribution >= 0.6 is 15.9 Å². The molecule has 136 valence electrons. The fraction of sp³-hybridized carbons (Fsp3) is 0.316. The van der Waals surface area contributed by atoms with Crippen LogP contribution in [0.5, 0.6) is 0 Å². The number of fused-ring (bicyclic) bond motifs is 1. The van der Waals surface area contributed by atoms with E-state index in [1.807, 2.05) is 54.8 Å². The van der Waals surface area contributed by atoms with E-state index in [-0.39, 0.29) is 11.2 Å². The number of imidazole rings is 1. The molecule has 0 saturated heterocycles. The predicted octanol–water partition coefficient (Wildman–Crippen LogP) is 3.35. The van der Waals surface area contributed by atoms with Crippen molar-refractivity contribution in [1.82, 2.24) is 18.7 Å². The van der Waals surface area contributed by atoms with Crippen LogP contribution in [0.4, 0.5) is 0 Å². The Morgan fingerprint density at radius 2 is 1.54 bits per heavy atom. The highest BCUT2D eigenvalue weighted by Crippen LogP contribution is 2.16. The number of benzene rings is 1. The van der Waals surface area contributed by atoms with E-state index in [2.05, 4.69) is 20.9 Å². The van der Waals surface area contributed by atoms with Crippen LogP contribution in [0.15, 0.2) is 38.3 Å². The Bertz CT molecular complexity index is 1090. The zero-order valence-electron chi connectivity index (χ0n) is 15.1. The molecule has 0 unspecified atom stereocenters. The summed E-state index contributed by atoms with van der Waals surface area (Å²) in [4.78, 5) is 30.0. The molecule has 0 aliphatic rings. The van der Waals surface area contributed by atoms with Gasteiger partial charge in [-0.15, -0.1) is 0 Å². The van der Waals surface area contributed by atoms with Crippen molar-refractivity contribution in [3.63, 3.8) is 0 Å². The van der Waals surface area contributed by atoms with Crippen LogP contribution in [0.3, 0.4) is 0 Å². The molecule has 2 heterocycles. The van der Waals surface area contributed by atoms with E-state index < -0.39 is 0 Å². The standard InChI is InChI=1S/C19H21BrN4O2/c1-4-22-15(12-9-13-7-10-14(20)11-8-13)21-17-16(22)18(25)24(6-3)19(26)23(17)5-2/h7-12H,4-6H2,1-3H3/b12-9+. The van der Waals surface area contributed by atoms with Gasteiger partial charge >= 0.3 is 5.69 Å². The van der Waals surface area contributed by atoms with Crippen molar-refractivity contribution < 1.29 is 0 Å². The van der Waals surface area contributed by atoms with E-state index in [0.717, 1.165) is 10.0 Å². The van der Waals surface area contributed by atoms with Crippen LogP contribution in [0.2, 0.25) is 0 Å². The van der Waals surface area contributed by atoms with Gasteiger partial charge in [-0.05, 0) is 44.5 Å². The maximum absolute atomic E-state index is 12.8. The van der Waals surface area contributed by atoms with Gasteiger partial charge in [0.2, 0.25) is 0 Å².